The van der Waals surface area contributed by atoms with Gasteiger partial charge in [0.05, 0.1) is 12.3 Å². The van der Waals surface area contributed by atoms with E-state index in [0.717, 1.165) is 0 Å². The highest BCUT2D eigenvalue weighted by molar-refractivity contribution is 5.95. The number of benzene rings is 2. The van der Waals surface area contributed by atoms with Crippen molar-refractivity contribution in [1.29, 1.82) is 5.26 Å². The fraction of sp³-hybridized carbons (Fsp3) is 0.0526. The Balaban J connectivity index is 1.73. The number of carbonyl (C=O) groups excluding carboxylic acids is 1. The predicted octanol–water partition coefficient (Wildman–Crippen LogP) is 4.07. The molecule has 1 N–H and O–H groups in total. The molecule has 1 amide bonds. The van der Waals surface area contributed by atoms with Crippen LogP contribution in [0.5, 0.6) is 11.5 Å². The number of hydrogen-bond acceptors (Lipinski definition) is 4. The van der Waals surface area contributed by atoms with Crippen molar-refractivity contribution in [2.24, 2.45) is 0 Å². The standard InChI is InChI=1S/C19H14N2O3/c20-13-17(18-10-5-11-23-18)21-19(22)14-6-4-9-16(12-14)24-15-7-2-1-3-8-15/h1-12,17H,(H,21,22). The molecule has 0 fully saturated rings. The number of carbonyl (C=O) groups is 1. The van der Waals surface area contributed by atoms with Crippen molar-refractivity contribution in [3.63, 3.8) is 0 Å². The lowest BCUT2D eigenvalue weighted by Gasteiger charge is -2.10. The molecule has 3 rings (SSSR count). The summed E-state index contributed by atoms with van der Waals surface area (Å²) in [5.74, 6) is 1.24. The first-order chi connectivity index (χ1) is 11.8. The Hall–Kier alpha value is -3.52. The van der Waals surface area contributed by atoms with Crippen LogP contribution in [0.3, 0.4) is 0 Å². The average molecular weight is 318 g/mol. The van der Waals surface area contributed by atoms with Gasteiger partial charge in [-0.2, -0.15) is 5.26 Å². The van der Waals surface area contributed by atoms with Gasteiger partial charge >= 0.3 is 0 Å². The minimum absolute atomic E-state index is 0.378. The smallest absolute Gasteiger partial charge is 0.252 e. The Kier molecular flexibility index (Phi) is 4.59. The van der Waals surface area contributed by atoms with E-state index in [-0.39, 0.29) is 5.91 Å². The first-order valence-corrected chi connectivity index (χ1v) is 7.33. The molecule has 2 aromatic carbocycles. The van der Waals surface area contributed by atoms with Crippen LogP contribution in [0.1, 0.15) is 22.2 Å². The maximum atomic E-state index is 12.4. The number of para-hydroxylation sites is 1. The van der Waals surface area contributed by atoms with Crippen molar-refractivity contribution in [3.05, 3.63) is 84.3 Å². The number of rotatable bonds is 5. The molecule has 0 bridgehead atoms. The molecule has 5 heteroatoms. The van der Waals surface area contributed by atoms with E-state index in [1.165, 1.54) is 6.26 Å². The molecule has 3 aromatic rings. The summed E-state index contributed by atoms with van der Waals surface area (Å²) in [7, 11) is 0. The van der Waals surface area contributed by atoms with Gasteiger partial charge in [0.2, 0.25) is 0 Å². The van der Waals surface area contributed by atoms with E-state index in [2.05, 4.69) is 5.32 Å². The van der Waals surface area contributed by atoms with Gasteiger partial charge in [-0.1, -0.05) is 24.3 Å². The van der Waals surface area contributed by atoms with E-state index in [1.807, 2.05) is 36.4 Å². The van der Waals surface area contributed by atoms with Gasteiger partial charge in [0.1, 0.15) is 17.3 Å². The third-order valence-electron chi connectivity index (χ3n) is 3.31. The van der Waals surface area contributed by atoms with Gasteiger partial charge in [0.25, 0.3) is 5.91 Å². The molecular weight excluding hydrogens is 304 g/mol. The first-order valence-electron chi connectivity index (χ1n) is 7.33. The molecule has 0 spiro atoms. The summed E-state index contributed by atoms with van der Waals surface area (Å²) in [6.45, 7) is 0. The zero-order valence-electron chi connectivity index (χ0n) is 12.7. The molecule has 118 valence electrons. The van der Waals surface area contributed by atoms with Crippen LogP contribution < -0.4 is 10.1 Å². The van der Waals surface area contributed by atoms with Gasteiger partial charge in [-0.25, -0.2) is 0 Å². The van der Waals surface area contributed by atoms with Gasteiger partial charge in [0.15, 0.2) is 6.04 Å². The second-order valence-corrected chi connectivity index (χ2v) is 4.99. The second-order valence-electron chi connectivity index (χ2n) is 4.99. The van der Waals surface area contributed by atoms with Gasteiger partial charge in [-0.15, -0.1) is 0 Å². The van der Waals surface area contributed by atoms with Crippen LogP contribution in [0.15, 0.2) is 77.4 Å². The van der Waals surface area contributed by atoms with E-state index >= 15 is 0 Å². The second kappa shape index (κ2) is 7.16. The molecule has 1 atom stereocenters. The summed E-state index contributed by atoms with van der Waals surface area (Å²) < 4.78 is 10.9. The average Bonchev–Trinajstić information content (AvgIpc) is 3.15. The first kappa shape index (κ1) is 15.4. The maximum absolute atomic E-state index is 12.4. The fourth-order valence-corrected chi connectivity index (χ4v) is 2.16. The van der Waals surface area contributed by atoms with Crippen molar-refractivity contribution >= 4 is 5.91 Å². The van der Waals surface area contributed by atoms with Gasteiger partial charge in [-0.3, -0.25) is 4.79 Å². The third-order valence-corrected chi connectivity index (χ3v) is 3.31. The summed E-state index contributed by atoms with van der Waals surface area (Å²) in [6.07, 6.45) is 1.46. The van der Waals surface area contributed by atoms with E-state index in [9.17, 15) is 10.1 Å². The highest BCUT2D eigenvalue weighted by Crippen LogP contribution is 2.22. The summed E-state index contributed by atoms with van der Waals surface area (Å²) in [5.41, 5.74) is 0.398. The van der Waals surface area contributed by atoms with Crippen LogP contribution >= 0.6 is 0 Å². The number of hydrogen-bond donors (Lipinski definition) is 1. The minimum atomic E-state index is -0.841. The monoisotopic (exact) mass is 318 g/mol. The van der Waals surface area contributed by atoms with E-state index in [4.69, 9.17) is 9.15 Å². The Morgan fingerprint density at radius 1 is 1.04 bits per heavy atom. The third kappa shape index (κ3) is 3.62. The quantitative estimate of drug-likeness (QED) is 0.769. The lowest BCUT2D eigenvalue weighted by Crippen LogP contribution is -2.27. The molecule has 0 saturated heterocycles. The molecule has 5 nitrogen and oxygen atoms in total. The summed E-state index contributed by atoms with van der Waals surface area (Å²) in [5, 5.41) is 11.8. The molecule has 1 unspecified atom stereocenters. The Morgan fingerprint density at radius 2 is 1.83 bits per heavy atom. The van der Waals surface area contributed by atoms with Crippen LogP contribution in [0.25, 0.3) is 0 Å². The number of furan rings is 1. The summed E-state index contributed by atoms with van der Waals surface area (Å²) in [4.78, 5) is 12.4. The normalized spacial score (nSPS) is 11.3. The highest BCUT2D eigenvalue weighted by atomic mass is 16.5. The van der Waals surface area contributed by atoms with Crippen LogP contribution in [-0.4, -0.2) is 5.91 Å². The minimum Gasteiger partial charge on any atom is -0.466 e. The van der Waals surface area contributed by atoms with Crippen LogP contribution in [0.2, 0.25) is 0 Å². The number of ether oxygens (including phenoxy) is 1. The molecule has 0 aliphatic heterocycles. The number of nitrogens with one attached hydrogen (secondary N) is 1. The predicted molar refractivity (Wildman–Crippen MR) is 87.5 cm³/mol. The van der Waals surface area contributed by atoms with Crippen molar-refractivity contribution in [1.82, 2.24) is 5.32 Å². The number of amides is 1. The molecule has 0 aliphatic rings. The topological polar surface area (TPSA) is 75.3 Å². The number of nitrogens with zero attached hydrogens (tertiary/aromatic N) is 1. The van der Waals surface area contributed by atoms with Gasteiger partial charge in [0, 0.05) is 5.56 Å². The number of nitriles is 1. The zero-order chi connectivity index (χ0) is 16.8. The van der Waals surface area contributed by atoms with E-state index < -0.39 is 6.04 Å². The van der Waals surface area contributed by atoms with Crippen molar-refractivity contribution in [2.75, 3.05) is 0 Å². The highest BCUT2D eigenvalue weighted by Gasteiger charge is 2.17. The maximum Gasteiger partial charge on any atom is 0.252 e. The van der Waals surface area contributed by atoms with Crippen LogP contribution in [-0.2, 0) is 0 Å². The van der Waals surface area contributed by atoms with Crippen molar-refractivity contribution in [3.8, 4) is 17.6 Å². The van der Waals surface area contributed by atoms with E-state index in [1.54, 1.807) is 36.4 Å². The summed E-state index contributed by atoms with van der Waals surface area (Å²) in [6, 6.07) is 20.5. The van der Waals surface area contributed by atoms with E-state index in [0.29, 0.717) is 22.8 Å². The van der Waals surface area contributed by atoms with Gasteiger partial charge < -0.3 is 14.5 Å². The SMILES string of the molecule is N#CC(NC(=O)c1cccc(Oc2ccccc2)c1)c1ccco1. The van der Waals surface area contributed by atoms with Crippen molar-refractivity contribution in [2.45, 2.75) is 6.04 Å². The Morgan fingerprint density at radius 3 is 2.54 bits per heavy atom. The lowest BCUT2D eigenvalue weighted by molar-refractivity contribution is 0.0941. The molecule has 1 aromatic heterocycles. The molecule has 1 heterocycles. The Bertz CT molecular complexity index is 852. The van der Waals surface area contributed by atoms with Gasteiger partial charge in [-0.05, 0) is 42.5 Å². The molecule has 24 heavy (non-hydrogen) atoms. The molecular formula is C19H14N2O3. The van der Waals surface area contributed by atoms with Crippen LogP contribution in [0.4, 0.5) is 0 Å². The molecule has 0 aliphatic carbocycles. The molecule has 0 saturated carbocycles. The Labute approximate surface area is 139 Å². The lowest BCUT2D eigenvalue weighted by atomic mass is 10.1. The molecule has 0 radical (unpaired) electrons. The summed E-state index contributed by atoms with van der Waals surface area (Å²) >= 11 is 0. The zero-order valence-corrected chi connectivity index (χ0v) is 12.7. The largest absolute Gasteiger partial charge is 0.466 e. The van der Waals surface area contributed by atoms with Crippen molar-refractivity contribution < 1.29 is 13.9 Å². The van der Waals surface area contributed by atoms with Crippen LogP contribution in [0, 0.1) is 11.3 Å². The fourth-order valence-electron chi connectivity index (χ4n) is 2.16.